The van der Waals surface area contributed by atoms with Gasteiger partial charge in [0.2, 0.25) is 0 Å². The molecule has 0 bridgehead atoms. The second-order valence-corrected chi connectivity index (χ2v) is 4.66. The predicted octanol–water partition coefficient (Wildman–Crippen LogP) is 3.83. The molecule has 0 aliphatic heterocycles. The standard InChI is InChI=1S/C11H13Cl2NOS/c12-8-4-3-5-9(13)11(8)15-7-2-1-6-10(14)16/h3-5H,1-2,6-7H2,(H2,14,16). The van der Waals surface area contributed by atoms with Crippen molar-refractivity contribution < 1.29 is 4.74 Å². The summed E-state index contributed by atoms with van der Waals surface area (Å²) in [5.74, 6) is 0.543. The van der Waals surface area contributed by atoms with Gasteiger partial charge in [0.15, 0.2) is 5.75 Å². The number of thiocarbonyl (C=S) groups is 1. The quantitative estimate of drug-likeness (QED) is 0.634. The van der Waals surface area contributed by atoms with Crippen LogP contribution < -0.4 is 10.5 Å². The van der Waals surface area contributed by atoms with Crippen LogP contribution in [-0.2, 0) is 0 Å². The Balaban J connectivity index is 2.34. The highest BCUT2D eigenvalue weighted by molar-refractivity contribution is 7.80. The van der Waals surface area contributed by atoms with E-state index in [1.165, 1.54) is 0 Å². The fraction of sp³-hybridized carbons (Fsp3) is 0.364. The number of halogens is 2. The Morgan fingerprint density at radius 1 is 1.25 bits per heavy atom. The zero-order valence-electron chi connectivity index (χ0n) is 8.71. The second kappa shape index (κ2) is 6.94. The van der Waals surface area contributed by atoms with E-state index in [0.29, 0.717) is 27.4 Å². The summed E-state index contributed by atoms with van der Waals surface area (Å²) in [5, 5.41) is 1.06. The van der Waals surface area contributed by atoms with Gasteiger partial charge in [-0.25, -0.2) is 0 Å². The summed E-state index contributed by atoms with van der Waals surface area (Å²) in [7, 11) is 0. The van der Waals surface area contributed by atoms with Crippen LogP contribution in [0.15, 0.2) is 18.2 Å². The fourth-order valence-electron chi connectivity index (χ4n) is 1.20. The minimum atomic E-state index is 0.529. The SMILES string of the molecule is NC(=S)CCCCOc1c(Cl)cccc1Cl. The maximum absolute atomic E-state index is 5.94. The van der Waals surface area contributed by atoms with Crippen LogP contribution in [0.25, 0.3) is 0 Å². The Kier molecular flexibility index (Phi) is 5.88. The lowest BCUT2D eigenvalue weighted by Gasteiger charge is -2.09. The molecule has 1 aromatic carbocycles. The van der Waals surface area contributed by atoms with Crippen molar-refractivity contribution in [3.05, 3.63) is 28.2 Å². The van der Waals surface area contributed by atoms with Gasteiger partial charge < -0.3 is 10.5 Å². The lowest BCUT2D eigenvalue weighted by Crippen LogP contribution is -2.08. The summed E-state index contributed by atoms with van der Waals surface area (Å²) in [4.78, 5) is 0.538. The lowest BCUT2D eigenvalue weighted by molar-refractivity contribution is 0.308. The minimum Gasteiger partial charge on any atom is -0.490 e. The summed E-state index contributed by atoms with van der Waals surface area (Å²) in [6.45, 7) is 0.562. The van der Waals surface area contributed by atoms with Crippen molar-refractivity contribution in [2.45, 2.75) is 19.3 Å². The number of nitrogens with two attached hydrogens (primary N) is 1. The topological polar surface area (TPSA) is 35.2 Å². The van der Waals surface area contributed by atoms with E-state index >= 15 is 0 Å². The summed E-state index contributed by atoms with van der Waals surface area (Å²) < 4.78 is 5.50. The largest absolute Gasteiger partial charge is 0.490 e. The van der Waals surface area contributed by atoms with Crippen LogP contribution in [0.3, 0.4) is 0 Å². The number of hydrogen-bond acceptors (Lipinski definition) is 2. The van der Waals surface area contributed by atoms with Gasteiger partial charge in [0.1, 0.15) is 0 Å². The first-order chi connectivity index (χ1) is 7.61. The van der Waals surface area contributed by atoms with Crippen molar-refractivity contribution in [2.24, 2.45) is 5.73 Å². The predicted molar refractivity (Wildman–Crippen MR) is 72.6 cm³/mol. The Morgan fingerprint density at radius 2 is 1.88 bits per heavy atom. The zero-order valence-corrected chi connectivity index (χ0v) is 11.0. The molecule has 0 spiro atoms. The maximum atomic E-state index is 5.94. The lowest BCUT2D eigenvalue weighted by atomic mass is 10.2. The molecule has 1 aromatic rings. The molecule has 5 heteroatoms. The third-order valence-electron chi connectivity index (χ3n) is 1.98. The molecule has 0 saturated carbocycles. The Bertz CT molecular complexity index is 351. The highest BCUT2D eigenvalue weighted by Gasteiger charge is 2.05. The first kappa shape index (κ1) is 13.6. The average Bonchev–Trinajstić information content (AvgIpc) is 2.21. The number of rotatable bonds is 6. The molecule has 0 heterocycles. The van der Waals surface area contributed by atoms with Gasteiger partial charge in [-0.3, -0.25) is 0 Å². The number of benzene rings is 1. The molecule has 0 saturated heterocycles. The van der Waals surface area contributed by atoms with E-state index in [-0.39, 0.29) is 0 Å². The molecule has 0 unspecified atom stereocenters. The normalized spacial score (nSPS) is 10.1. The number of hydrogen-bond donors (Lipinski definition) is 1. The van der Waals surface area contributed by atoms with E-state index in [0.717, 1.165) is 19.3 Å². The van der Waals surface area contributed by atoms with Crippen LogP contribution in [-0.4, -0.2) is 11.6 Å². The van der Waals surface area contributed by atoms with Crippen molar-refractivity contribution in [1.82, 2.24) is 0 Å². The molecule has 0 atom stereocenters. The summed E-state index contributed by atoms with van der Waals surface area (Å²) in [5.41, 5.74) is 5.38. The molecule has 2 nitrogen and oxygen atoms in total. The average molecular weight is 278 g/mol. The van der Waals surface area contributed by atoms with Crippen molar-refractivity contribution in [3.8, 4) is 5.75 Å². The fourth-order valence-corrected chi connectivity index (χ4v) is 1.85. The van der Waals surface area contributed by atoms with Gasteiger partial charge in [0.25, 0.3) is 0 Å². The molecule has 88 valence electrons. The Hall–Kier alpha value is -0.510. The first-order valence-electron chi connectivity index (χ1n) is 4.96. The summed E-state index contributed by atoms with van der Waals surface area (Å²) in [6, 6.07) is 5.28. The van der Waals surface area contributed by atoms with Gasteiger partial charge in [-0.05, 0) is 31.4 Å². The molecular formula is C11H13Cl2NOS. The monoisotopic (exact) mass is 277 g/mol. The number of unbranched alkanes of at least 4 members (excludes halogenated alkanes) is 1. The molecule has 0 radical (unpaired) electrons. The van der Waals surface area contributed by atoms with Gasteiger partial charge >= 0.3 is 0 Å². The van der Waals surface area contributed by atoms with E-state index in [2.05, 4.69) is 0 Å². The molecule has 0 fully saturated rings. The van der Waals surface area contributed by atoms with Crippen LogP contribution >= 0.6 is 35.4 Å². The molecule has 0 aliphatic rings. The number of para-hydroxylation sites is 1. The molecule has 0 amide bonds. The zero-order chi connectivity index (χ0) is 12.0. The van der Waals surface area contributed by atoms with E-state index < -0.39 is 0 Å². The van der Waals surface area contributed by atoms with Crippen molar-refractivity contribution in [3.63, 3.8) is 0 Å². The third kappa shape index (κ3) is 4.56. The smallest absolute Gasteiger partial charge is 0.156 e. The van der Waals surface area contributed by atoms with Crippen molar-refractivity contribution >= 4 is 40.4 Å². The number of ether oxygens (including phenoxy) is 1. The van der Waals surface area contributed by atoms with Gasteiger partial charge in [-0.2, -0.15) is 0 Å². The summed E-state index contributed by atoms with van der Waals surface area (Å²) in [6.07, 6.45) is 2.53. The van der Waals surface area contributed by atoms with Gasteiger partial charge in [-0.1, -0.05) is 41.5 Å². The summed E-state index contributed by atoms with van der Waals surface area (Å²) >= 11 is 16.7. The Labute approximate surface area is 111 Å². The van der Waals surface area contributed by atoms with E-state index in [1.54, 1.807) is 18.2 Å². The second-order valence-electron chi connectivity index (χ2n) is 3.32. The van der Waals surface area contributed by atoms with Crippen LogP contribution in [0.5, 0.6) is 5.75 Å². The van der Waals surface area contributed by atoms with Crippen LogP contribution in [0.4, 0.5) is 0 Å². The minimum absolute atomic E-state index is 0.529. The van der Waals surface area contributed by atoms with Gasteiger partial charge in [-0.15, -0.1) is 0 Å². The van der Waals surface area contributed by atoms with E-state index in [1.807, 2.05) is 0 Å². The van der Waals surface area contributed by atoms with Crippen molar-refractivity contribution in [1.29, 1.82) is 0 Å². The molecule has 16 heavy (non-hydrogen) atoms. The molecule has 1 rings (SSSR count). The van der Waals surface area contributed by atoms with Crippen LogP contribution in [0.2, 0.25) is 10.0 Å². The van der Waals surface area contributed by atoms with Crippen LogP contribution in [0, 0.1) is 0 Å². The molecule has 2 N–H and O–H groups in total. The first-order valence-corrected chi connectivity index (χ1v) is 6.13. The van der Waals surface area contributed by atoms with Crippen molar-refractivity contribution in [2.75, 3.05) is 6.61 Å². The highest BCUT2D eigenvalue weighted by atomic mass is 35.5. The third-order valence-corrected chi connectivity index (χ3v) is 2.78. The van der Waals surface area contributed by atoms with Gasteiger partial charge in [0.05, 0.1) is 21.6 Å². The molecule has 0 aliphatic carbocycles. The van der Waals surface area contributed by atoms with Gasteiger partial charge in [0, 0.05) is 0 Å². The van der Waals surface area contributed by atoms with E-state index in [4.69, 9.17) is 45.9 Å². The van der Waals surface area contributed by atoms with Crippen LogP contribution in [0.1, 0.15) is 19.3 Å². The Morgan fingerprint density at radius 3 is 2.44 bits per heavy atom. The molecule has 0 aromatic heterocycles. The molecular weight excluding hydrogens is 265 g/mol. The highest BCUT2D eigenvalue weighted by Crippen LogP contribution is 2.32. The van der Waals surface area contributed by atoms with E-state index in [9.17, 15) is 0 Å². The maximum Gasteiger partial charge on any atom is 0.156 e.